The zero-order valence-corrected chi connectivity index (χ0v) is 19.5. The maximum Gasteiger partial charge on any atom is 0.190 e. The zero-order valence-electron chi connectivity index (χ0n) is 17.2. The lowest BCUT2D eigenvalue weighted by Gasteiger charge is -2.12. The molecule has 0 bridgehead atoms. The average molecular weight is 491 g/mol. The number of hydrogen-bond acceptors (Lipinski definition) is 3. The Bertz CT molecular complexity index is 470. The van der Waals surface area contributed by atoms with Gasteiger partial charge in [-0.3, -0.25) is 4.99 Å². The molecule has 0 heterocycles. The second kappa shape index (κ2) is 18.5. The Kier molecular flexibility index (Phi) is 17.9. The highest BCUT2D eigenvalue weighted by Gasteiger charge is 1.98. The van der Waals surface area contributed by atoms with E-state index in [4.69, 9.17) is 9.47 Å². The summed E-state index contributed by atoms with van der Waals surface area (Å²) in [5.41, 5.74) is 1.33. The van der Waals surface area contributed by atoms with Crippen LogP contribution in [0.5, 0.6) is 0 Å². The first-order valence-electron chi connectivity index (χ1n) is 9.86. The number of rotatable bonds is 14. The van der Waals surface area contributed by atoms with Crippen LogP contribution in [0.15, 0.2) is 35.3 Å². The zero-order chi connectivity index (χ0) is 18.9. The van der Waals surface area contributed by atoms with Gasteiger partial charge < -0.3 is 20.1 Å². The summed E-state index contributed by atoms with van der Waals surface area (Å²) >= 11 is 0. The summed E-state index contributed by atoms with van der Waals surface area (Å²) in [4.78, 5) is 4.24. The van der Waals surface area contributed by atoms with Crippen LogP contribution in [-0.4, -0.2) is 52.5 Å². The van der Waals surface area contributed by atoms with Crippen LogP contribution in [0.4, 0.5) is 0 Å². The number of unbranched alkanes of at least 4 members (excludes halogenated alkanes) is 1. The largest absolute Gasteiger partial charge is 0.381 e. The molecule has 5 nitrogen and oxygen atoms in total. The molecule has 0 spiro atoms. The minimum absolute atomic E-state index is 0. The molecule has 156 valence electrons. The van der Waals surface area contributed by atoms with Gasteiger partial charge in [0.15, 0.2) is 5.96 Å². The van der Waals surface area contributed by atoms with Crippen molar-refractivity contribution in [1.82, 2.24) is 10.6 Å². The van der Waals surface area contributed by atoms with Crippen LogP contribution < -0.4 is 10.6 Å². The summed E-state index contributed by atoms with van der Waals surface area (Å²) in [5, 5.41) is 6.65. The summed E-state index contributed by atoms with van der Waals surface area (Å²) < 4.78 is 11.3. The van der Waals surface area contributed by atoms with Gasteiger partial charge in [-0.05, 0) is 37.2 Å². The average Bonchev–Trinajstić information content (AvgIpc) is 2.65. The third-order valence-electron chi connectivity index (χ3n) is 3.82. The molecular weight excluding hydrogens is 453 g/mol. The Morgan fingerprint density at radius 3 is 2.26 bits per heavy atom. The normalized spacial score (nSPS) is 11.3. The number of halogens is 1. The maximum atomic E-state index is 5.70. The topological polar surface area (TPSA) is 54.9 Å². The minimum atomic E-state index is 0. The van der Waals surface area contributed by atoms with Crippen molar-refractivity contribution in [3.63, 3.8) is 0 Å². The number of nitrogens with one attached hydrogen (secondary N) is 2. The van der Waals surface area contributed by atoms with Gasteiger partial charge in [-0.2, -0.15) is 0 Å². The van der Waals surface area contributed by atoms with Crippen LogP contribution in [0, 0.1) is 5.92 Å². The predicted molar refractivity (Wildman–Crippen MR) is 125 cm³/mol. The van der Waals surface area contributed by atoms with E-state index in [1.165, 1.54) is 5.56 Å². The Balaban J connectivity index is 0.00000676. The van der Waals surface area contributed by atoms with E-state index < -0.39 is 0 Å². The second-order valence-corrected chi connectivity index (χ2v) is 6.80. The molecule has 0 aliphatic rings. The van der Waals surface area contributed by atoms with E-state index in [1.54, 1.807) is 7.05 Å². The van der Waals surface area contributed by atoms with Gasteiger partial charge in [0.1, 0.15) is 0 Å². The van der Waals surface area contributed by atoms with Crippen molar-refractivity contribution in [2.45, 2.75) is 39.5 Å². The summed E-state index contributed by atoms with van der Waals surface area (Å²) in [5.74, 6) is 1.46. The van der Waals surface area contributed by atoms with E-state index in [0.717, 1.165) is 71.2 Å². The Morgan fingerprint density at radius 1 is 0.926 bits per heavy atom. The molecule has 0 fully saturated rings. The molecule has 0 radical (unpaired) electrons. The van der Waals surface area contributed by atoms with Crippen LogP contribution in [0.25, 0.3) is 0 Å². The molecule has 27 heavy (non-hydrogen) atoms. The van der Waals surface area contributed by atoms with E-state index in [-0.39, 0.29) is 24.0 Å². The van der Waals surface area contributed by atoms with E-state index >= 15 is 0 Å². The third-order valence-corrected chi connectivity index (χ3v) is 3.82. The van der Waals surface area contributed by atoms with Crippen molar-refractivity contribution in [1.29, 1.82) is 0 Å². The lowest BCUT2D eigenvalue weighted by molar-refractivity contribution is 0.108. The number of aliphatic imine (C=N–C) groups is 1. The van der Waals surface area contributed by atoms with E-state index in [0.29, 0.717) is 5.92 Å². The highest BCUT2D eigenvalue weighted by molar-refractivity contribution is 14.0. The highest BCUT2D eigenvalue weighted by atomic mass is 127. The van der Waals surface area contributed by atoms with Crippen molar-refractivity contribution in [2.24, 2.45) is 10.9 Å². The van der Waals surface area contributed by atoms with Gasteiger partial charge in [0.05, 0.1) is 6.61 Å². The standard InChI is InChI=1S/C21H37N3O2.HI/c1-19(2)18-26-16-9-14-24-21(22-3)23-13-7-8-15-25-17-12-20-10-5-4-6-11-20;/h4-6,10-11,19H,7-9,12-18H2,1-3H3,(H2,22,23,24);1H. The van der Waals surface area contributed by atoms with Crippen molar-refractivity contribution in [3.05, 3.63) is 35.9 Å². The summed E-state index contributed by atoms with van der Waals surface area (Å²) in [6.45, 7) is 9.35. The monoisotopic (exact) mass is 491 g/mol. The van der Waals surface area contributed by atoms with Crippen LogP contribution in [0.2, 0.25) is 0 Å². The van der Waals surface area contributed by atoms with Crippen LogP contribution in [-0.2, 0) is 15.9 Å². The van der Waals surface area contributed by atoms with Gasteiger partial charge >= 0.3 is 0 Å². The molecule has 0 amide bonds. The number of benzene rings is 1. The molecule has 1 aromatic rings. The SMILES string of the molecule is CN=C(NCCCCOCCc1ccccc1)NCCCOCC(C)C.I. The Hall–Kier alpha value is -0.860. The summed E-state index contributed by atoms with van der Waals surface area (Å²) in [6, 6.07) is 10.5. The molecule has 6 heteroatoms. The van der Waals surface area contributed by atoms with Gasteiger partial charge in [-0.15, -0.1) is 24.0 Å². The van der Waals surface area contributed by atoms with Gasteiger partial charge in [0.25, 0.3) is 0 Å². The smallest absolute Gasteiger partial charge is 0.190 e. The number of ether oxygens (including phenoxy) is 2. The van der Waals surface area contributed by atoms with E-state index in [2.05, 4.69) is 53.7 Å². The summed E-state index contributed by atoms with van der Waals surface area (Å²) in [6.07, 6.45) is 4.10. The molecule has 0 saturated carbocycles. The molecule has 2 N–H and O–H groups in total. The minimum Gasteiger partial charge on any atom is -0.381 e. The predicted octanol–water partition coefficient (Wildman–Crippen LogP) is 3.87. The van der Waals surface area contributed by atoms with Gasteiger partial charge in [0, 0.05) is 40.0 Å². The Labute approximate surface area is 182 Å². The van der Waals surface area contributed by atoms with Gasteiger partial charge in [-0.25, -0.2) is 0 Å². The van der Waals surface area contributed by atoms with Crippen molar-refractivity contribution in [3.8, 4) is 0 Å². The molecule has 0 atom stereocenters. The van der Waals surface area contributed by atoms with Gasteiger partial charge in [-0.1, -0.05) is 44.2 Å². The number of guanidine groups is 1. The first kappa shape index (κ1) is 26.1. The van der Waals surface area contributed by atoms with E-state index in [9.17, 15) is 0 Å². The highest BCUT2D eigenvalue weighted by Crippen LogP contribution is 2.00. The summed E-state index contributed by atoms with van der Waals surface area (Å²) in [7, 11) is 1.80. The first-order valence-corrected chi connectivity index (χ1v) is 9.86. The number of hydrogen-bond donors (Lipinski definition) is 2. The molecule has 0 saturated heterocycles. The lowest BCUT2D eigenvalue weighted by Crippen LogP contribution is -2.38. The van der Waals surface area contributed by atoms with Crippen molar-refractivity contribution >= 4 is 29.9 Å². The van der Waals surface area contributed by atoms with Crippen LogP contribution in [0.3, 0.4) is 0 Å². The van der Waals surface area contributed by atoms with Gasteiger partial charge in [0.2, 0.25) is 0 Å². The van der Waals surface area contributed by atoms with Crippen molar-refractivity contribution < 1.29 is 9.47 Å². The fourth-order valence-electron chi connectivity index (χ4n) is 2.39. The Morgan fingerprint density at radius 2 is 1.59 bits per heavy atom. The quantitative estimate of drug-likeness (QED) is 0.180. The fourth-order valence-corrected chi connectivity index (χ4v) is 2.39. The lowest BCUT2D eigenvalue weighted by atomic mass is 10.2. The third kappa shape index (κ3) is 15.9. The van der Waals surface area contributed by atoms with Crippen LogP contribution >= 0.6 is 24.0 Å². The molecular formula is C21H38IN3O2. The maximum absolute atomic E-state index is 5.70. The molecule has 0 aliphatic carbocycles. The number of nitrogens with zero attached hydrogens (tertiary/aromatic N) is 1. The fraction of sp³-hybridized carbons (Fsp3) is 0.667. The molecule has 0 aromatic heterocycles. The van der Waals surface area contributed by atoms with Crippen molar-refractivity contribution in [2.75, 3.05) is 46.6 Å². The van der Waals surface area contributed by atoms with E-state index in [1.807, 2.05) is 6.07 Å². The first-order chi connectivity index (χ1) is 12.7. The molecule has 1 rings (SSSR count). The second-order valence-electron chi connectivity index (χ2n) is 6.80. The molecule has 1 aromatic carbocycles. The molecule has 0 unspecified atom stereocenters. The molecule has 0 aliphatic heterocycles. The van der Waals surface area contributed by atoms with Crippen LogP contribution in [0.1, 0.15) is 38.7 Å².